The Morgan fingerprint density at radius 3 is 2.91 bits per heavy atom. The van der Waals surface area contributed by atoms with E-state index in [-0.39, 0.29) is 11.8 Å². The molecule has 0 spiro atoms. The van der Waals surface area contributed by atoms with Gasteiger partial charge >= 0.3 is 0 Å². The van der Waals surface area contributed by atoms with Crippen molar-refractivity contribution >= 4 is 40.5 Å². The van der Waals surface area contributed by atoms with E-state index in [0.717, 1.165) is 17.9 Å². The van der Waals surface area contributed by atoms with E-state index in [1.165, 1.54) is 12.8 Å². The van der Waals surface area contributed by atoms with Gasteiger partial charge in [-0.25, -0.2) is 4.98 Å². The summed E-state index contributed by atoms with van der Waals surface area (Å²) in [4.78, 5) is 16.9. The van der Waals surface area contributed by atoms with Gasteiger partial charge in [-0.05, 0) is 37.3 Å². The molecule has 2 fully saturated rings. The topological polar surface area (TPSA) is 113 Å². The number of aromatic nitrogens is 3. The van der Waals surface area contributed by atoms with E-state index in [0.29, 0.717) is 46.7 Å². The van der Waals surface area contributed by atoms with Crippen LogP contribution in [0.15, 0.2) is 30.5 Å². The molecule has 5 rings (SSSR count). The molecule has 2 aliphatic rings. The highest BCUT2D eigenvalue weighted by atomic mass is 35.5. The monoisotopic (exact) mass is 456 g/mol. The fourth-order valence-electron chi connectivity index (χ4n) is 3.94. The average Bonchev–Trinajstić information content (AvgIpc) is 3.44. The number of halogens is 1. The summed E-state index contributed by atoms with van der Waals surface area (Å²) in [5.74, 6) is 2.31. The van der Waals surface area contributed by atoms with Gasteiger partial charge in [0, 0.05) is 36.6 Å². The number of hydrogen-bond acceptors (Lipinski definition) is 7. The van der Waals surface area contributed by atoms with Crippen LogP contribution in [0.5, 0.6) is 5.75 Å². The van der Waals surface area contributed by atoms with E-state index in [4.69, 9.17) is 21.3 Å². The number of aliphatic hydroxyl groups excluding tert-OH is 1. The summed E-state index contributed by atoms with van der Waals surface area (Å²) in [7, 11) is 1.60. The molecule has 10 heteroatoms. The summed E-state index contributed by atoms with van der Waals surface area (Å²) in [6.45, 7) is 0.866. The molecule has 1 saturated heterocycles. The van der Waals surface area contributed by atoms with Gasteiger partial charge in [0.2, 0.25) is 5.91 Å². The minimum absolute atomic E-state index is 0.152. The quantitative estimate of drug-likeness (QED) is 0.412. The molecule has 0 bridgehead atoms. The minimum atomic E-state index is -0.800. The number of nitrogens with zero attached hydrogens (tertiary/aromatic N) is 3. The minimum Gasteiger partial charge on any atom is -0.497 e. The van der Waals surface area contributed by atoms with Gasteiger partial charge in [0.05, 0.1) is 24.0 Å². The van der Waals surface area contributed by atoms with Crippen molar-refractivity contribution in [2.24, 2.45) is 11.8 Å². The smallest absolute Gasteiger partial charge is 0.225 e. The third-order valence-electron chi connectivity index (χ3n) is 5.90. The van der Waals surface area contributed by atoms with Crippen molar-refractivity contribution < 1.29 is 14.6 Å². The number of benzene rings is 1. The standard InChI is InChI=1S/C22H25ClN6O3/c1-32-15-4-5-16(23)17(8-15)26-18-9-19(24-10-12-2-3-12)29-21(27-18)14(11-25-29)6-13-7-20(30)28-22(13)31/h4-5,8-9,11-13,20,24,30H,2-3,6-7,10H2,1H3,(H,26,27)(H,28,31). The van der Waals surface area contributed by atoms with E-state index in [9.17, 15) is 9.90 Å². The molecule has 1 saturated carbocycles. The Morgan fingerprint density at radius 2 is 2.19 bits per heavy atom. The largest absolute Gasteiger partial charge is 0.497 e. The van der Waals surface area contributed by atoms with Gasteiger partial charge in [-0.1, -0.05) is 11.6 Å². The number of ether oxygens (including phenoxy) is 1. The van der Waals surface area contributed by atoms with Gasteiger partial charge < -0.3 is 25.8 Å². The SMILES string of the molecule is COc1ccc(Cl)c(Nc2cc(NCC3CC3)n3ncc(CC4CC(O)NC4=O)c3n2)c1. The second-order valence-corrected chi connectivity index (χ2v) is 8.80. The molecule has 1 aliphatic carbocycles. The normalized spacial score (nSPS) is 20.4. The molecular formula is C22H25ClN6O3. The van der Waals surface area contributed by atoms with Crippen LogP contribution >= 0.6 is 11.6 Å². The zero-order valence-electron chi connectivity index (χ0n) is 17.6. The number of amides is 1. The highest BCUT2D eigenvalue weighted by molar-refractivity contribution is 6.33. The van der Waals surface area contributed by atoms with Crippen LogP contribution in [0.1, 0.15) is 24.8 Å². The zero-order valence-corrected chi connectivity index (χ0v) is 18.4. The van der Waals surface area contributed by atoms with Crippen molar-refractivity contribution in [3.8, 4) is 5.75 Å². The molecule has 168 valence electrons. The number of carbonyl (C=O) groups is 1. The first-order chi connectivity index (χ1) is 15.5. The summed E-state index contributed by atoms with van der Waals surface area (Å²) in [6, 6.07) is 7.27. The van der Waals surface area contributed by atoms with Gasteiger partial charge in [-0.15, -0.1) is 0 Å². The van der Waals surface area contributed by atoms with Crippen molar-refractivity contribution in [3.63, 3.8) is 0 Å². The number of carbonyl (C=O) groups excluding carboxylic acids is 1. The molecule has 32 heavy (non-hydrogen) atoms. The Bertz CT molecular complexity index is 1160. The Morgan fingerprint density at radius 1 is 1.34 bits per heavy atom. The number of anilines is 3. The molecule has 2 aromatic heterocycles. The van der Waals surface area contributed by atoms with Gasteiger partial charge in [-0.2, -0.15) is 9.61 Å². The molecule has 2 atom stereocenters. The number of rotatable bonds is 8. The maximum atomic E-state index is 12.1. The van der Waals surface area contributed by atoms with Crippen LogP contribution in [-0.2, 0) is 11.2 Å². The summed E-state index contributed by atoms with van der Waals surface area (Å²) in [5.41, 5.74) is 2.17. The first kappa shape index (κ1) is 20.8. The van der Waals surface area contributed by atoms with Crippen LogP contribution in [0.4, 0.5) is 17.3 Å². The Balaban J connectivity index is 1.49. The van der Waals surface area contributed by atoms with E-state index >= 15 is 0 Å². The summed E-state index contributed by atoms with van der Waals surface area (Å²) in [5, 5.41) is 24.1. The van der Waals surface area contributed by atoms with E-state index < -0.39 is 6.23 Å². The number of methoxy groups -OCH3 is 1. The summed E-state index contributed by atoms with van der Waals surface area (Å²) in [6.07, 6.45) is 4.23. The lowest BCUT2D eigenvalue weighted by Gasteiger charge is -2.14. The van der Waals surface area contributed by atoms with E-state index in [1.807, 2.05) is 12.1 Å². The van der Waals surface area contributed by atoms with Crippen LogP contribution in [0, 0.1) is 11.8 Å². The Labute approximate surface area is 190 Å². The number of nitrogens with one attached hydrogen (secondary N) is 3. The van der Waals surface area contributed by atoms with Gasteiger partial charge in [0.25, 0.3) is 0 Å². The molecule has 3 aromatic rings. The molecule has 1 aliphatic heterocycles. The van der Waals surface area contributed by atoms with Crippen LogP contribution in [0.25, 0.3) is 5.65 Å². The first-order valence-corrected chi connectivity index (χ1v) is 11.1. The first-order valence-electron chi connectivity index (χ1n) is 10.7. The van der Waals surface area contributed by atoms with Gasteiger partial charge in [0.1, 0.15) is 23.6 Å². The molecule has 3 heterocycles. The van der Waals surface area contributed by atoms with Crippen LogP contribution < -0.4 is 20.7 Å². The molecular weight excluding hydrogens is 432 g/mol. The third-order valence-corrected chi connectivity index (χ3v) is 6.23. The Hall–Kier alpha value is -3.04. The lowest BCUT2D eigenvalue weighted by atomic mass is 9.99. The summed E-state index contributed by atoms with van der Waals surface area (Å²) < 4.78 is 7.07. The molecule has 1 aromatic carbocycles. The highest BCUT2D eigenvalue weighted by Crippen LogP contribution is 2.32. The van der Waals surface area contributed by atoms with Crippen molar-refractivity contribution in [1.29, 1.82) is 0 Å². The molecule has 1 amide bonds. The fourth-order valence-corrected chi connectivity index (χ4v) is 4.10. The van der Waals surface area contributed by atoms with Crippen molar-refractivity contribution in [1.82, 2.24) is 19.9 Å². The maximum absolute atomic E-state index is 12.1. The van der Waals surface area contributed by atoms with Crippen molar-refractivity contribution in [2.45, 2.75) is 31.9 Å². The second-order valence-electron chi connectivity index (χ2n) is 8.39. The van der Waals surface area contributed by atoms with Crippen LogP contribution in [0.3, 0.4) is 0 Å². The van der Waals surface area contributed by atoms with Gasteiger partial charge in [-0.3, -0.25) is 4.79 Å². The summed E-state index contributed by atoms with van der Waals surface area (Å²) >= 11 is 6.38. The van der Waals surface area contributed by atoms with E-state index in [1.54, 1.807) is 30.0 Å². The number of fused-ring (bicyclic) bond motifs is 1. The highest BCUT2D eigenvalue weighted by Gasteiger charge is 2.31. The number of hydrogen-bond donors (Lipinski definition) is 4. The van der Waals surface area contributed by atoms with E-state index in [2.05, 4.69) is 21.0 Å². The number of aliphatic hydroxyl groups is 1. The van der Waals surface area contributed by atoms with Crippen molar-refractivity contribution in [2.75, 3.05) is 24.3 Å². The molecule has 0 radical (unpaired) electrons. The predicted octanol–water partition coefficient (Wildman–Crippen LogP) is 2.95. The molecule has 4 N–H and O–H groups in total. The van der Waals surface area contributed by atoms with Crippen LogP contribution in [-0.4, -0.2) is 45.5 Å². The Kier molecular flexibility index (Phi) is 5.52. The van der Waals surface area contributed by atoms with Gasteiger partial charge in [0.15, 0.2) is 5.65 Å². The third kappa shape index (κ3) is 4.31. The molecule has 2 unspecified atom stereocenters. The van der Waals surface area contributed by atoms with Crippen LogP contribution in [0.2, 0.25) is 5.02 Å². The predicted molar refractivity (Wildman–Crippen MR) is 121 cm³/mol. The second kappa shape index (κ2) is 8.48. The average molecular weight is 457 g/mol. The lowest BCUT2D eigenvalue weighted by Crippen LogP contribution is -2.26. The van der Waals surface area contributed by atoms with Crippen molar-refractivity contribution in [3.05, 3.63) is 41.0 Å². The zero-order chi connectivity index (χ0) is 22.2. The molecule has 9 nitrogen and oxygen atoms in total. The fraction of sp³-hybridized carbons (Fsp3) is 0.409. The lowest BCUT2D eigenvalue weighted by molar-refractivity contribution is -0.123. The maximum Gasteiger partial charge on any atom is 0.225 e.